The molecular formula is C31H39FN6O3. The number of fused-ring (bicyclic) bond motifs is 4. The molecule has 7 rings (SSSR count). The normalized spacial score (nSPS) is 29.5. The van der Waals surface area contributed by atoms with Crippen molar-refractivity contribution in [1.29, 1.82) is 5.26 Å². The summed E-state index contributed by atoms with van der Waals surface area (Å²) in [6, 6.07) is 4.64. The maximum atomic E-state index is 14.4. The number of alkyl halides is 1. The molecule has 3 saturated heterocycles. The predicted molar refractivity (Wildman–Crippen MR) is 152 cm³/mol. The van der Waals surface area contributed by atoms with Crippen LogP contribution < -0.4 is 15.4 Å². The minimum Gasteiger partial charge on any atom is -0.461 e. The summed E-state index contributed by atoms with van der Waals surface area (Å²) in [7, 11) is 0. The number of nitriles is 1. The van der Waals surface area contributed by atoms with Gasteiger partial charge in [-0.1, -0.05) is 0 Å². The van der Waals surface area contributed by atoms with Crippen LogP contribution in [0, 0.1) is 18.3 Å². The summed E-state index contributed by atoms with van der Waals surface area (Å²) in [5.41, 5.74) is 11.5. The Hall–Kier alpha value is -3.00. The van der Waals surface area contributed by atoms with Crippen LogP contribution in [0.4, 0.5) is 15.9 Å². The van der Waals surface area contributed by atoms with E-state index >= 15 is 0 Å². The van der Waals surface area contributed by atoms with E-state index in [0.717, 1.165) is 93.0 Å². The average Bonchev–Trinajstić information content (AvgIpc) is 3.34. The summed E-state index contributed by atoms with van der Waals surface area (Å²) < 4.78 is 33.4. The molecular weight excluding hydrogens is 523 g/mol. The minimum atomic E-state index is -0.815. The molecule has 41 heavy (non-hydrogen) atoms. The highest BCUT2D eigenvalue weighted by Crippen LogP contribution is 2.49. The van der Waals surface area contributed by atoms with Gasteiger partial charge in [0, 0.05) is 50.2 Å². The van der Waals surface area contributed by atoms with Gasteiger partial charge >= 0.3 is 6.01 Å². The maximum Gasteiger partial charge on any atom is 0.318 e. The van der Waals surface area contributed by atoms with E-state index in [1.165, 1.54) is 5.56 Å². The van der Waals surface area contributed by atoms with Gasteiger partial charge in [0.2, 0.25) is 0 Å². The van der Waals surface area contributed by atoms with E-state index in [-0.39, 0.29) is 5.54 Å². The maximum absolute atomic E-state index is 14.4. The third-order valence-corrected chi connectivity index (χ3v) is 10.0. The molecule has 4 aliphatic heterocycles. The number of aromatic nitrogens is 2. The predicted octanol–water partition coefficient (Wildman–Crippen LogP) is 3.73. The third kappa shape index (κ3) is 4.53. The minimum absolute atomic E-state index is 0.279. The van der Waals surface area contributed by atoms with Crippen molar-refractivity contribution in [3.63, 3.8) is 0 Å². The number of benzene rings is 1. The van der Waals surface area contributed by atoms with Gasteiger partial charge in [0.05, 0.1) is 35.7 Å². The highest BCUT2D eigenvalue weighted by atomic mass is 19.1. The average molecular weight is 563 g/mol. The van der Waals surface area contributed by atoms with E-state index < -0.39 is 11.8 Å². The molecule has 2 aromatic rings. The molecule has 10 heteroatoms. The molecule has 1 aromatic heterocycles. The largest absolute Gasteiger partial charge is 0.461 e. The van der Waals surface area contributed by atoms with E-state index in [1.54, 1.807) is 0 Å². The lowest BCUT2D eigenvalue weighted by Gasteiger charge is -2.44. The fourth-order valence-corrected chi connectivity index (χ4v) is 8.08. The van der Waals surface area contributed by atoms with Gasteiger partial charge < -0.3 is 24.8 Å². The van der Waals surface area contributed by atoms with Crippen molar-refractivity contribution in [2.24, 2.45) is 0 Å². The number of nitrogen functional groups attached to an aromatic ring is 1. The zero-order valence-electron chi connectivity index (χ0n) is 23.9. The Morgan fingerprint density at radius 1 is 1.17 bits per heavy atom. The van der Waals surface area contributed by atoms with Crippen LogP contribution in [0.2, 0.25) is 0 Å². The molecule has 1 aromatic carbocycles. The lowest BCUT2D eigenvalue weighted by atomic mass is 9.71. The topological polar surface area (TPSA) is 110 Å². The molecule has 9 nitrogen and oxygen atoms in total. The van der Waals surface area contributed by atoms with Crippen molar-refractivity contribution in [2.45, 2.75) is 82.2 Å². The second-order valence-electron chi connectivity index (χ2n) is 12.5. The number of nitrogens with two attached hydrogens (primary N) is 1. The first-order chi connectivity index (χ1) is 19.9. The molecule has 5 heterocycles. The molecule has 3 fully saturated rings. The van der Waals surface area contributed by atoms with Crippen LogP contribution in [-0.4, -0.2) is 72.6 Å². The van der Waals surface area contributed by atoms with Gasteiger partial charge in [-0.15, -0.1) is 0 Å². The van der Waals surface area contributed by atoms with Crippen LogP contribution in [0.1, 0.15) is 72.0 Å². The van der Waals surface area contributed by atoms with Crippen molar-refractivity contribution in [3.8, 4) is 12.1 Å². The Balaban J connectivity index is 1.28. The number of hydrogen-bond acceptors (Lipinski definition) is 9. The van der Waals surface area contributed by atoms with Crippen molar-refractivity contribution < 1.29 is 18.6 Å². The summed E-state index contributed by atoms with van der Waals surface area (Å²) in [6.45, 7) is 7.11. The first-order valence-corrected chi connectivity index (χ1v) is 15.1. The van der Waals surface area contributed by atoms with E-state index in [9.17, 15) is 9.65 Å². The molecule has 1 spiro atoms. The summed E-state index contributed by atoms with van der Waals surface area (Å²) >= 11 is 0. The summed E-state index contributed by atoms with van der Waals surface area (Å²) in [4.78, 5) is 14.5. The second-order valence-corrected chi connectivity index (χ2v) is 12.5. The van der Waals surface area contributed by atoms with E-state index in [4.69, 9.17) is 29.9 Å². The summed E-state index contributed by atoms with van der Waals surface area (Å²) in [6.07, 6.45) is 5.76. The lowest BCUT2D eigenvalue weighted by molar-refractivity contribution is -0.0857. The second kappa shape index (κ2) is 10.4. The number of nitrogens with zero attached hydrogens (tertiary/aromatic N) is 5. The number of anilines is 2. The zero-order chi connectivity index (χ0) is 28.2. The number of halogens is 1. The third-order valence-electron chi connectivity index (χ3n) is 10.0. The van der Waals surface area contributed by atoms with Crippen LogP contribution >= 0.6 is 0 Å². The zero-order valence-corrected chi connectivity index (χ0v) is 23.9. The van der Waals surface area contributed by atoms with Crippen LogP contribution in [0.5, 0.6) is 6.01 Å². The highest BCUT2D eigenvalue weighted by molar-refractivity contribution is 5.65. The van der Waals surface area contributed by atoms with Gasteiger partial charge in [0.1, 0.15) is 30.3 Å². The molecule has 5 aliphatic rings. The van der Waals surface area contributed by atoms with Crippen molar-refractivity contribution in [1.82, 2.24) is 14.9 Å². The summed E-state index contributed by atoms with van der Waals surface area (Å²) in [5.74, 6) is 0.834. The van der Waals surface area contributed by atoms with E-state index in [1.807, 2.05) is 6.07 Å². The molecule has 3 unspecified atom stereocenters. The molecule has 0 saturated carbocycles. The van der Waals surface area contributed by atoms with Gasteiger partial charge in [-0.3, -0.25) is 4.90 Å². The lowest BCUT2D eigenvalue weighted by Crippen LogP contribution is -2.44. The van der Waals surface area contributed by atoms with Gasteiger partial charge in [0.15, 0.2) is 0 Å². The Morgan fingerprint density at radius 2 is 2.07 bits per heavy atom. The van der Waals surface area contributed by atoms with Crippen LogP contribution in [0.25, 0.3) is 0 Å². The number of hydrogen-bond donors (Lipinski definition) is 1. The van der Waals surface area contributed by atoms with Crippen molar-refractivity contribution in [3.05, 3.63) is 39.6 Å². The monoisotopic (exact) mass is 562 g/mol. The molecule has 0 bridgehead atoms. The van der Waals surface area contributed by atoms with E-state index in [2.05, 4.69) is 22.8 Å². The number of ether oxygens (including phenoxy) is 3. The van der Waals surface area contributed by atoms with Crippen LogP contribution in [-0.2, 0) is 34.5 Å². The quantitative estimate of drug-likeness (QED) is 0.558. The van der Waals surface area contributed by atoms with Gasteiger partial charge in [0.25, 0.3) is 0 Å². The Morgan fingerprint density at radius 3 is 2.95 bits per heavy atom. The summed E-state index contributed by atoms with van der Waals surface area (Å²) in [5, 5.41) is 10.1. The van der Waals surface area contributed by atoms with Gasteiger partial charge in [-0.25, -0.2) is 4.39 Å². The highest BCUT2D eigenvalue weighted by Gasteiger charge is 2.50. The Kier molecular flexibility index (Phi) is 6.80. The SMILES string of the molecule is Cc1cc(N)c(C#N)c2c1CCCC21Cc2nc(OCC34CCCN3CC(F)C4)nc(N3CCCOCC3)c2CO1. The van der Waals surface area contributed by atoms with Crippen LogP contribution in [0.15, 0.2) is 6.07 Å². The molecule has 3 atom stereocenters. The smallest absolute Gasteiger partial charge is 0.318 e. The van der Waals surface area contributed by atoms with Gasteiger partial charge in [-0.05, 0) is 69.2 Å². The first kappa shape index (κ1) is 26.9. The Labute approximate surface area is 240 Å². The molecule has 218 valence electrons. The number of aryl methyl sites for hydroxylation is 1. The molecule has 0 amide bonds. The standard InChI is InChI=1S/C31H39FN6O3/c1-20-13-25(34)23(16-33)27-22(20)5-2-7-31(27)15-26-24(18-41-31)28(37-8-4-11-39-12-10-37)36-29(35-26)40-19-30-6-3-9-38(30)17-21(32)14-30/h13,21H,2-12,14-15,17-19,34H2,1H3. The van der Waals surface area contributed by atoms with Crippen LogP contribution in [0.3, 0.4) is 0 Å². The molecule has 2 N–H and O–H groups in total. The van der Waals surface area contributed by atoms with Crippen molar-refractivity contribution >= 4 is 11.5 Å². The Bertz CT molecular complexity index is 1390. The fraction of sp³-hybridized carbons (Fsp3) is 0.645. The molecule has 0 radical (unpaired) electrons. The van der Waals surface area contributed by atoms with E-state index in [0.29, 0.717) is 56.5 Å². The first-order valence-electron chi connectivity index (χ1n) is 15.1. The fourth-order valence-electron chi connectivity index (χ4n) is 8.08. The van der Waals surface area contributed by atoms with Crippen molar-refractivity contribution in [2.75, 3.05) is 56.6 Å². The number of rotatable bonds is 4. The van der Waals surface area contributed by atoms with Gasteiger partial charge in [-0.2, -0.15) is 15.2 Å². The molecule has 1 aliphatic carbocycles.